The first-order valence-corrected chi connectivity index (χ1v) is 15.2. The third-order valence-corrected chi connectivity index (χ3v) is 9.40. The molecule has 0 saturated heterocycles. The number of aryl methyl sites for hydroxylation is 1. The van der Waals surface area contributed by atoms with Gasteiger partial charge in [-0.25, -0.2) is 4.79 Å². The van der Waals surface area contributed by atoms with E-state index in [1.807, 2.05) is 36.7 Å². The Labute approximate surface area is 260 Å². The summed E-state index contributed by atoms with van der Waals surface area (Å²) in [4.78, 5) is 30.1. The number of carbonyl (C=O) groups is 2. The molecule has 3 aliphatic rings. The summed E-state index contributed by atoms with van der Waals surface area (Å²) >= 11 is 0. The van der Waals surface area contributed by atoms with Gasteiger partial charge in [0, 0.05) is 30.4 Å². The summed E-state index contributed by atoms with van der Waals surface area (Å²) < 4.78 is 51.2. The maximum absolute atomic E-state index is 14.6. The van der Waals surface area contributed by atoms with E-state index < -0.39 is 40.3 Å². The zero-order valence-corrected chi connectivity index (χ0v) is 26.3. The molecular formula is C34H38F3N5O3. The van der Waals surface area contributed by atoms with E-state index in [0.717, 1.165) is 42.3 Å². The van der Waals surface area contributed by atoms with Crippen molar-refractivity contribution in [3.8, 4) is 0 Å². The molecule has 2 heterocycles. The van der Waals surface area contributed by atoms with Crippen molar-refractivity contribution >= 4 is 17.7 Å². The van der Waals surface area contributed by atoms with Crippen LogP contribution in [0, 0.1) is 0 Å². The quantitative estimate of drug-likeness (QED) is 0.270. The van der Waals surface area contributed by atoms with Crippen LogP contribution < -0.4 is 4.90 Å². The molecule has 0 unspecified atom stereocenters. The number of fused-ring (bicyclic) bond motifs is 1. The van der Waals surface area contributed by atoms with Crippen molar-refractivity contribution in [2.45, 2.75) is 95.6 Å². The number of benzene rings is 2. The third kappa shape index (κ3) is 5.40. The molecule has 1 aromatic heterocycles. The normalized spacial score (nSPS) is 18.7. The highest BCUT2D eigenvalue weighted by molar-refractivity contribution is 6.10. The summed E-state index contributed by atoms with van der Waals surface area (Å²) in [5.74, 6) is 0.251. The highest BCUT2D eigenvalue weighted by atomic mass is 19.4. The molecule has 11 heteroatoms. The van der Waals surface area contributed by atoms with Gasteiger partial charge in [0.05, 0.1) is 17.5 Å². The van der Waals surface area contributed by atoms with Gasteiger partial charge in [0.2, 0.25) is 0 Å². The largest absolute Gasteiger partial charge is 0.444 e. The minimum Gasteiger partial charge on any atom is -0.444 e. The number of halogens is 3. The van der Waals surface area contributed by atoms with Gasteiger partial charge in [-0.3, -0.25) is 9.69 Å². The number of anilines is 1. The van der Waals surface area contributed by atoms with Crippen LogP contribution in [0.4, 0.5) is 23.7 Å². The molecule has 2 aromatic carbocycles. The van der Waals surface area contributed by atoms with Crippen molar-refractivity contribution < 1.29 is 27.5 Å². The molecule has 3 aromatic rings. The Bertz CT molecular complexity index is 1690. The maximum atomic E-state index is 14.6. The molecule has 2 amide bonds. The van der Waals surface area contributed by atoms with Crippen LogP contribution in [0.25, 0.3) is 0 Å². The summed E-state index contributed by atoms with van der Waals surface area (Å²) in [6, 6.07) is 9.95. The van der Waals surface area contributed by atoms with E-state index >= 15 is 0 Å². The van der Waals surface area contributed by atoms with Crippen molar-refractivity contribution in [2.75, 3.05) is 4.90 Å². The number of allylic oxidation sites excluding steroid dienone is 1. The Kier molecular flexibility index (Phi) is 7.17. The average molecular weight is 622 g/mol. The fourth-order valence-corrected chi connectivity index (χ4v) is 6.94. The van der Waals surface area contributed by atoms with Gasteiger partial charge in [-0.05, 0) is 101 Å². The Hall–Kier alpha value is -4.15. The smallest absolute Gasteiger partial charge is 0.416 e. The molecule has 2 aliphatic carbocycles. The number of amides is 2. The predicted octanol–water partition coefficient (Wildman–Crippen LogP) is 7.31. The first-order valence-electron chi connectivity index (χ1n) is 15.2. The van der Waals surface area contributed by atoms with Crippen LogP contribution in [0.5, 0.6) is 0 Å². The minimum absolute atomic E-state index is 0.00633. The van der Waals surface area contributed by atoms with Gasteiger partial charge in [-0.15, -0.1) is 10.2 Å². The van der Waals surface area contributed by atoms with Crippen molar-refractivity contribution in [3.63, 3.8) is 0 Å². The molecule has 45 heavy (non-hydrogen) atoms. The van der Waals surface area contributed by atoms with Gasteiger partial charge in [0.15, 0.2) is 0 Å². The van der Waals surface area contributed by atoms with Crippen LogP contribution in [0.15, 0.2) is 54.9 Å². The van der Waals surface area contributed by atoms with E-state index in [-0.39, 0.29) is 29.8 Å². The lowest BCUT2D eigenvalue weighted by Gasteiger charge is -2.47. The lowest BCUT2D eigenvalue weighted by Crippen LogP contribution is -2.54. The molecule has 2 fully saturated rings. The number of hydrogen-bond donors (Lipinski definition) is 0. The van der Waals surface area contributed by atoms with Crippen LogP contribution in [0.3, 0.4) is 0 Å². The highest BCUT2D eigenvalue weighted by Gasteiger charge is 2.47. The van der Waals surface area contributed by atoms with Crippen molar-refractivity contribution in [3.05, 3.63) is 88.5 Å². The van der Waals surface area contributed by atoms with Crippen LogP contribution in [-0.4, -0.2) is 42.8 Å². The second kappa shape index (κ2) is 10.5. The van der Waals surface area contributed by atoms with Crippen LogP contribution in [0.2, 0.25) is 0 Å². The Balaban J connectivity index is 1.36. The zero-order chi connectivity index (χ0) is 32.5. The first kappa shape index (κ1) is 30.9. The molecule has 1 aliphatic heterocycles. The molecule has 238 valence electrons. The van der Waals surface area contributed by atoms with Gasteiger partial charge in [-0.1, -0.05) is 24.3 Å². The Morgan fingerprint density at radius 1 is 1.13 bits per heavy atom. The fourth-order valence-electron chi connectivity index (χ4n) is 6.94. The van der Waals surface area contributed by atoms with Gasteiger partial charge in [-0.2, -0.15) is 13.2 Å². The lowest BCUT2D eigenvalue weighted by atomic mass is 9.61. The molecule has 0 bridgehead atoms. The van der Waals surface area contributed by atoms with Gasteiger partial charge >= 0.3 is 12.3 Å². The number of aromatic nitrogens is 3. The van der Waals surface area contributed by atoms with E-state index in [1.165, 1.54) is 15.9 Å². The summed E-state index contributed by atoms with van der Waals surface area (Å²) in [6.07, 6.45) is 0.0131. The number of hydrogen-bond acceptors (Lipinski definition) is 5. The standard InChI is InChI=1S/C34H38F3N5O3/c1-21-16-33(17-21,29-39-38-20-40(29)6)23-9-7-10-24(15-23)41-19-26-25(28(41)43)13-22(14-27(26)34(35,36)37)18-42(32(5)11-8-12-32)30(44)45-31(2,3)4/h7,9-10,13-15,20H,1,8,11-12,16-19H2,2-6H3. The monoisotopic (exact) mass is 621 g/mol. The predicted molar refractivity (Wildman–Crippen MR) is 163 cm³/mol. The first-order chi connectivity index (χ1) is 21.0. The summed E-state index contributed by atoms with van der Waals surface area (Å²) in [5.41, 5.74) is -0.0456. The van der Waals surface area contributed by atoms with Crippen molar-refractivity contribution in [1.29, 1.82) is 0 Å². The van der Waals surface area contributed by atoms with E-state index in [1.54, 1.807) is 33.2 Å². The van der Waals surface area contributed by atoms with Gasteiger partial charge in [0.25, 0.3) is 5.91 Å². The van der Waals surface area contributed by atoms with Crippen molar-refractivity contribution in [2.24, 2.45) is 7.05 Å². The number of ether oxygens (including phenoxy) is 1. The van der Waals surface area contributed by atoms with Gasteiger partial charge < -0.3 is 14.2 Å². The van der Waals surface area contributed by atoms with Gasteiger partial charge in [0.1, 0.15) is 17.8 Å². The van der Waals surface area contributed by atoms with E-state index in [9.17, 15) is 22.8 Å². The number of rotatable bonds is 6. The summed E-state index contributed by atoms with van der Waals surface area (Å²) in [7, 11) is 1.87. The third-order valence-electron chi connectivity index (χ3n) is 9.40. The second-order valence-electron chi connectivity index (χ2n) is 14.0. The van der Waals surface area contributed by atoms with Crippen molar-refractivity contribution in [1.82, 2.24) is 19.7 Å². The molecule has 0 radical (unpaired) electrons. The fraction of sp³-hybridized carbons (Fsp3) is 0.471. The summed E-state index contributed by atoms with van der Waals surface area (Å²) in [5, 5.41) is 8.41. The molecule has 0 atom stereocenters. The Morgan fingerprint density at radius 2 is 1.84 bits per heavy atom. The van der Waals surface area contributed by atoms with Crippen LogP contribution >= 0.6 is 0 Å². The van der Waals surface area contributed by atoms with E-state index in [4.69, 9.17) is 4.74 Å². The second-order valence-corrected chi connectivity index (χ2v) is 14.0. The summed E-state index contributed by atoms with van der Waals surface area (Å²) in [6.45, 7) is 11.0. The minimum atomic E-state index is -4.70. The number of alkyl halides is 3. The molecule has 0 spiro atoms. The molecule has 6 rings (SSSR count). The molecule has 2 saturated carbocycles. The maximum Gasteiger partial charge on any atom is 0.416 e. The van der Waals surface area contributed by atoms with Crippen LogP contribution in [0.1, 0.15) is 98.2 Å². The Morgan fingerprint density at radius 3 is 2.40 bits per heavy atom. The zero-order valence-electron chi connectivity index (χ0n) is 26.3. The average Bonchev–Trinajstić information content (AvgIpc) is 3.49. The lowest BCUT2D eigenvalue weighted by molar-refractivity contribution is -0.138. The van der Waals surface area contributed by atoms with E-state index in [2.05, 4.69) is 16.8 Å². The van der Waals surface area contributed by atoms with E-state index in [0.29, 0.717) is 18.5 Å². The molecular weight excluding hydrogens is 583 g/mol. The topological polar surface area (TPSA) is 80.6 Å². The number of nitrogens with zero attached hydrogens (tertiary/aromatic N) is 5. The molecule has 8 nitrogen and oxygen atoms in total. The number of carbonyl (C=O) groups excluding carboxylic acids is 2. The van der Waals surface area contributed by atoms with Crippen LogP contribution in [-0.2, 0) is 36.5 Å². The highest BCUT2D eigenvalue weighted by Crippen LogP contribution is 2.51. The SMILES string of the molecule is C=C1CC(c2cccc(N3Cc4c(cc(CN(C(=O)OC(C)(C)C)C5(C)CCC5)cc4C(F)(F)F)C3=O)c2)(c2nncn2C)C1. The molecule has 0 N–H and O–H groups in total.